The summed E-state index contributed by atoms with van der Waals surface area (Å²) in [4.78, 5) is 0.638. The molecule has 0 bridgehead atoms. The summed E-state index contributed by atoms with van der Waals surface area (Å²) in [6.07, 6.45) is 0. The van der Waals surface area contributed by atoms with Crippen LogP contribution < -0.4 is 5.73 Å². The molecule has 1 rings (SSSR count). The van der Waals surface area contributed by atoms with Crippen molar-refractivity contribution in [3.63, 3.8) is 0 Å². The first-order valence-corrected chi connectivity index (χ1v) is 3.80. The first-order chi connectivity index (χ1) is 4.24. The number of thiophene rings is 1. The third kappa shape index (κ3) is 1.23. The van der Waals surface area contributed by atoms with Gasteiger partial charge in [-0.3, -0.25) is 0 Å². The molecule has 0 saturated carbocycles. The summed E-state index contributed by atoms with van der Waals surface area (Å²) in [6.45, 7) is 0. The van der Waals surface area contributed by atoms with Gasteiger partial charge in [-0.1, -0.05) is 0 Å². The van der Waals surface area contributed by atoms with E-state index in [9.17, 15) is 0 Å². The number of hydrogen-bond donors (Lipinski definition) is 1. The summed E-state index contributed by atoms with van der Waals surface area (Å²) >= 11 is 4.54. The van der Waals surface area contributed by atoms with Gasteiger partial charge in [-0.2, -0.15) is 5.26 Å². The zero-order valence-corrected chi connectivity index (χ0v) is 6.79. The molecule has 1 aromatic heterocycles. The minimum Gasteiger partial charge on any atom is -0.397 e. The van der Waals surface area contributed by atoms with E-state index >= 15 is 0 Å². The van der Waals surface area contributed by atoms with Gasteiger partial charge in [-0.15, -0.1) is 11.3 Å². The van der Waals surface area contributed by atoms with E-state index in [2.05, 4.69) is 15.9 Å². The van der Waals surface area contributed by atoms with Gasteiger partial charge >= 0.3 is 0 Å². The van der Waals surface area contributed by atoms with Crippen molar-refractivity contribution in [3.05, 3.63) is 14.7 Å². The SMILES string of the molecule is N#Cc1cc(N)c(Br)s1. The number of nitriles is 1. The van der Waals surface area contributed by atoms with Crippen molar-refractivity contribution in [2.24, 2.45) is 0 Å². The van der Waals surface area contributed by atoms with Crippen LogP contribution in [-0.2, 0) is 0 Å². The fourth-order valence-electron chi connectivity index (χ4n) is 0.438. The van der Waals surface area contributed by atoms with Crippen LogP contribution in [0.25, 0.3) is 0 Å². The maximum atomic E-state index is 8.36. The van der Waals surface area contributed by atoms with Crippen molar-refractivity contribution in [2.75, 3.05) is 5.73 Å². The van der Waals surface area contributed by atoms with Crippen LogP contribution in [-0.4, -0.2) is 0 Å². The Balaban J connectivity index is 3.16. The molecule has 0 atom stereocenters. The average molecular weight is 203 g/mol. The van der Waals surface area contributed by atoms with Crippen molar-refractivity contribution in [2.45, 2.75) is 0 Å². The standard InChI is InChI=1S/C5H3BrN2S/c6-5-4(8)1-3(2-7)9-5/h1H,8H2. The second-order valence-corrected chi connectivity index (χ2v) is 3.82. The van der Waals surface area contributed by atoms with Gasteiger partial charge < -0.3 is 5.73 Å². The third-order valence-electron chi connectivity index (χ3n) is 0.823. The number of nitrogen functional groups attached to an aromatic ring is 1. The molecular formula is C5H3BrN2S. The maximum Gasteiger partial charge on any atom is 0.110 e. The fraction of sp³-hybridized carbons (Fsp3) is 0. The summed E-state index contributed by atoms with van der Waals surface area (Å²) in [7, 11) is 0. The van der Waals surface area contributed by atoms with Gasteiger partial charge in [0.1, 0.15) is 10.9 Å². The number of hydrogen-bond acceptors (Lipinski definition) is 3. The molecule has 1 aromatic rings. The second-order valence-electron chi connectivity index (χ2n) is 1.45. The first-order valence-electron chi connectivity index (χ1n) is 2.19. The minimum absolute atomic E-state index is 0.636. The predicted molar refractivity (Wildman–Crippen MR) is 41.1 cm³/mol. The van der Waals surface area contributed by atoms with E-state index in [1.165, 1.54) is 11.3 Å². The molecule has 0 radical (unpaired) electrons. The molecule has 2 N–H and O–H groups in total. The van der Waals surface area contributed by atoms with Crippen LogP contribution in [0.5, 0.6) is 0 Å². The molecule has 0 unspecified atom stereocenters. The van der Waals surface area contributed by atoms with Crippen molar-refractivity contribution in [1.29, 1.82) is 5.26 Å². The third-order valence-corrected chi connectivity index (χ3v) is 2.61. The van der Waals surface area contributed by atoms with Crippen LogP contribution >= 0.6 is 27.3 Å². The summed E-state index contributed by atoms with van der Waals surface area (Å²) < 4.78 is 0.832. The lowest BCUT2D eigenvalue weighted by molar-refractivity contribution is 1.52. The maximum absolute atomic E-state index is 8.36. The topological polar surface area (TPSA) is 49.8 Å². The van der Waals surface area contributed by atoms with Crippen LogP contribution in [0.15, 0.2) is 9.85 Å². The Kier molecular flexibility index (Phi) is 1.74. The van der Waals surface area contributed by atoms with E-state index in [-0.39, 0.29) is 0 Å². The van der Waals surface area contributed by atoms with E-state index < -0.39 is 0 Å². The molecule has 0 saturated heterocycles. The molecule has 0 fully saturated rings. The Bertz CT molecular complexity index is 241. The van der Waals surface area contributed by atoms with E-state index in [0.29, 0.717) is 10.6 Å². The van der Waals surface area contributed by atoms with Crippen LogP contribution in [0.4, 0.5) is 5.69 Å². The predicted octanol–water partition coefficient (Wildman–Crippen LogP) is 1.96. The lowest BCUT2D eigenvalue weighted by Gasteiger charge is -1.78. The van der Waals surface area contributed by atoms with E-state index in [1.807, 2.05) is 6.07 Å². The molecular weight excluding hydrogens is 200 g/mol. The number of nitrogens with two attached hydrogens (primary N) is 1. The quantitative estimate of drug-likeness (QED) is 0.700. The highest BCUT2D eigenvalue weighted by Gasteiger charge is 2.00. The summed E-state index contributed by atoms with van der Waals surface area (Å²) in [5.74, 6) is 0. The van der Waals surface area contributed by atoms with Crippen molar-refractivity contribution in [1.82, 2.24) is 0 Å². The highest BCUT2D eigenvalue weighted by molar-refractivity contribution is 9.11. The molecule has 0 spiro atoms. The molecule has 46 valence electrons. The van der Waals surface area contributed by atoms with Crippen LogP contribution in [0.1, 0.15) is 4.88 Å². The van der Waals surface area contributed by atoms with Gasteiger partial charge in [0, 0.05) is 0 Å². The Morgan fingerprint density at radius 3 is 2.67 bits per heavy atom. The van der Waals surface area contributed by atoms with Crippen LogP contribution in [0.2, 0.25) is 0 Å². The molecule has 9 heavy (non-hydrogen) atoms. The van der Waals surface area contributed by atoms with Crippen LogP contribution in [0.3, 0.4) is 0 Å². The van der Waals surface area contributed by atoms with Crippen molar-refractivity contribution >= 4 is 33.0 Å². The Hall–Kier alpha value is -0.530. The minimum atomic E-state index is 0.636. The second kappa shape index (κ2) is 2.38. The average Bonchev–Trinajstić information content (AvgIpc) is 2.13. The monoisotopic (exact) mass is 202 g/mol. The number of anilines is 1. The highest BCUT2D eigenvalue weighted by atomic mass is 79.9. The van der Waals surface area contributed by atoms with Crippen molar-refractivity contribution < 1.29 is 0 Å². The van der Waals surface area contributed by atoms with Gasteiger partial charge in [0.25, 0.3) is 0 Å². The fourth-order valence-corrected chi connectivity index (χ4v) is 1.68. The Labute approximate surface area is 65.0 Å². The molecule has 4 heteroatoms. The molecule has 1 heterocycles. The normalized spacial score (nSPS) is 8.89. The van der Waals surface area contributed by atoms with Gasteiger partial charge in [0.15, 0.2) is 0 Å². The summed E-state index contributed by atoms with van der Waals surface area (Å²) in [5.41, 5.74) is 6.06. The van der Waals surface area contributed by atoms with Gasteiger partial charge in [-0.05, 0) is 22.0 Å². The molecule has 2 nitrogen and oxygen atoms in total. The van der Waals surface area contributed by atoms with E-state index in [4.69, 9.17) is 11.0 Å². The number of nitrogens with zero attached hydrogens (tertiary/aromatic N) is 1. The molecule has 0 amide bonds. The summed E-state index contributed by atoms with van der Waals surface area (Å²) in [5, 5.41) is 8.36. The summed E-state index contributed by atoms with van der Waals surface area (Å²) in [6, 6.07) is 3.64. The molecule has 0 aliphatic heterocycles. The van der Waals surface area contributed by atoms with Crippen molar-refractivity contribution in [3.8, 4) is 6.07 Å². The highest BCUT2D eigenvalue weighted by Crippen LogP contribution is 2.29. The zero-order valence-electron chi connectivity index (χ0n) is 4.39. The van der Waals surface area contributed by atoms with Gasteiger partial charge in [0.05, 0.1) is 9.47 Å². The smallest absolute Gasteiger partial charge is 0.110 e. The Morgan fingerprint density at radius 2 is 2.44 bits per heavy atom. The largest absolute Gasteiger partial charge is 0.397 e. The van der Waals surface area contributed by atoms with Crippen LogP contribution in [0, 0.1) is 11.3 Å². The molecule has 0 aliphatic rings. The van der Waals surface area contributed by atoms with E-state index in [0.717, 1.165) is 3.79 Å². The van der Waals surface area contributed by atoms with Gasteiger partial charge in [-0.25, -0.2) is 0 Å². The number of halogens is 1. The molecule has 0 aliphatic carbocycles. The zero-order chi connectivity index (χ0) is 6.85. The lowest BCUT2D eigenvalue weighted by atomic mass is 10.5. The number of rotatable bonds is 0. The molecule has 0 aromatic carbocycles. The Morgan fingerprint density at radius 1 is 1.78 bits per heavy atom. The van der Waals surface area contributed by atoms with Gasteiger partial charge in [0.2, 0.25) is 0 Å². The van der Waals surface area contributed by atoms with E-state index in [1.54, 1.807) is 6.07 Å². The first kappa shape index (κ1) is 6.59. The lowest BCUT2D eigenvalue weighted by Crippen LogP contribution is -1.77.